The van der Waals surface area contributed by atoms with Crippen LogP contribution in [0.1, 0.15) is 119 Å². The second-order valence-corrected chi connectivity index (χ2v) is 11.3. The third-order valence-electron chi connectivity index (χ3n) is 9.01. The van der Waals surface area contributed by atoms with E-state index in [0.29, 0.717) is 0 Å². The molecule has 0 aliphatic carbocycles. The summed E-state index contributed by atoms with van der Waals surface area (Å²) in [6.45, 7) is 18.8. The highest BCUT2D eigenvalue weighted by atomic mass is 35.5. The third kappa shape index (κ3) is 4.59. The molecule has 5 heterocycles. The Balaban J connectivity index is 2.16. The summed E-state index contributed by atoms with van der Waals surface area (Å²) in [7, 11) is 0. The average Bonchev–Trinajstić information content (AvgIpc) is 3.78. The largest absolute Gasteiger partial charge is 0.355 e. The lowest BCUT2D eigenvalue weighted by atomic mass is 9.97. The maximum atomic E-state index is 7.57. The molecule has 0 spiro atoms. The number of rotatable bonds is 8. The number of halogens is 1. The van der Waals surface area contributed by atoms with Crippen molar-refractivity contribution in [1.82, 2.24) is 19.5 Å². The number of H-pyrrole nitrogens is 1. The van der Waals surface area contributed by atoms with Crippen LogP contribution in [0.4, 0.5) is 0 Å². The van der Waals surface area contributed by atoms with Gasteiger partial charge in [0.1, 0.15) is 0 Å². The van der Waals surface area contributed by atoms with Gasteiger partial charge < -0.3 is 9.55 Å². The van der Waals surface area contributed by atoms with Gasteiger partial charge in [-0.2, -0.15) is 0 Å². The van der Waals surface area contributed by atoms with Crippen LogP contribution in [0, 0.1) is 0 Å². The first-order valence-corrected chi connectivity index (χ1v) is 16.2. The zero-order valence-corrected chi connectivity index (χ0v) is 26.9. The van der Waals surface area contributed by atoms with Crippen molar-refractivity contribution >= 4 is 57.0 Å². The van der Waals surface area contributed by atoms with Gasteiger partial charge >= 0.3 is 0 Å². The van der Waals surface area contributed by atoms with Gasteiger partial charge in [-0.25, -0.2) is 9.97 Å². The number of allylic oxidation sites excluding steroid dienone is 2. The van der Waals surface area contributed by atoms with Crippen LogP contribution in [0.2, 0.25) is 5.02 Å². The highest BCUT2D eigenvalue weighted by Crippen LogP contribution is 2.43. The summed E-state index contributed by atoms with van der Waals surface area (Å²) >= 11 is 7.57. The maximum absolute atomic E-state index is 7.57. The molecule has 1 N–H and O–H groups in total. The molecule has 5 heteroatoms. The number of nitrogens with one attached hydrogen (secondary N) is 1. The molecule has 5 rings (SSSR count). The van der Waals surface area contributed by atoms with Gasteiger partial charge in [-0.3, -0.25) is 0 Å². The Morgan fingerprint density at radius 3 is 1.63 bits per heavy atom. The number of aromatic nitrogens is 4. The number of fused-ring (bicyclic) bond motifs is 8. The van der Waals surface area contributed by atoms with E-state index in [2.05, 4.69) is 89.2 Å². The Kier molecular flexibility index (Phi) is 8.61. The van der Waals surface area contributed by atoms with Crippen molar-refractivity contribution in [3.63, 3.8) is 0 Å². The molecule has 0 fully saturated rings. The predicted octanol–water partition coefficient (Wildman–Crippen LogP) is 10.2. The van der Waals surface area contributed by atoms with Crippen LogP contribution >= 0.6 is 11.6 Å². The maximum Gasteiger partial charge on any atom is 0.0905 e. The lowest BCUT2D eigenvalue weighted by Gasteiger charge is -2.10. The van der Waals surface area contributed by atoms with Gasteiger partial charge in [0.2, 0.25) is 0 Å². The van der Waals surface area contributed by atoms with E-state index in [-0.39, 0.29) is 0 Å². The first-order valence-electron chi connectivity index (χ1n) is 15.8. The molecule has 2 aliphatic heterocycles. The smallest absolute Gasteiger partial charge is 0.0905 e. The van der Waals surface area contributed by atoms with Crippen molar-refractivity contribution < 1.29 is 0 Å². The van der Waals surface area contributed by atoms with Crippen LogP contribution in [0.5, 0.6) is 0 Å². The lowest BCUT2D eigenvalue weighted by molar-refractivity contribution is 0.815. The van der Waals surface area contributed by atoms with Crippen molar-refractivity contribution in [2.75, 3.05) is 0 Å². The van der Waals surface area contributed by atoms with Crippen LogP contribution in [0.15, 0.2) is 12.1 Å². The van der Waals surface area contributed by atoms with Gasteiger partial charge in [0, 0.05) is 34.3 Å². The molecule has 3 aromatic heterocycles. The molecular formula is C36H45ClN4. The van der Waals surface area contributed by atoms with E-state index in [1.165, 1.54) is 44.5 Å². The number of aryl methyl sites for hydroxylation is 6. The minimum Gasteiger partial charge on any atom is -0.355 e. The fraction of sp³-hybridized carbons (Fsp3) is 0.444. The third-order valence-corrected chi connectivity index (χ3v) is 9.37. The van der Waals surface area contributed by atoms with E-state index in [0.717, 1.165) is 95.8 Å². The van der Waals surface area contributed by atoms with Crippen LogP contribution in [0.25, 0.3) is 45.4 Å². The molecule has 0 aromatic carbocycles. The zero-order valence-electron chi connectivity index (χ0n) is 26.2. The number of aromatic amines is 1. The Bertz CT molecular complexity index is 1730. The normalized spacial score (nSPS) is 13.1. The molecule has 8 bridgehead atoms. The Labute approximate surface area is 250 Å². The van der Waals surface area contributed by atoms with Crippen molar-refractivity contribution in [2.24, 2.45) is 0 Å². The topological polar surface area (TPSA) is 46.5 Å². The first-order chi connectivity index (χ1) is 19.9. The minimum absolute atomic E-state index is 0.783. The highest BCUT2D eigenvalue weighted by molar-refractivity contribution is 6.36. The van der Waals surface area contributed by atoms with Crippen molar-refractivity contribution in [1.29, 1.82) is 0 Å². The summed E-state index contributed by atoms with van der Waals surface area (Å²) in [4.78, 5) is 14.5. The average molecular weight is 569 g/mol. The van der Waals surface area contributed by atoms with Crippen LogP contribution < -0.4 is 0 Å². The van der Waals surface area contributed by atoms with E-state index < -0.39 is 0 Å². The molecule has 0 radical (unpaired) electrons. The van der Waals surface area contributed by atoms with Gasteiger partial charge in [0.15, 0.2) is 0 Å². The van der Waals surface area contributed by atoms with E-state index in [1.807, 2.05) is 0 Å². The van der Waals surface area contributed by atoms with E-state index in [1.54, 1.807) is 0 Å². The SMILES string of the molecule is CCC1=C(CC)c2nc1c(CC)c1ccc([nH]1)c(CC)c1nc(c(CC)c3c(CC)c(CC)c(c2Cl)n3CC)C=C1. The van der Waals surface area contributed by atoms with E-state index in [4.69, 9.17) is 21.6 Å². The van der Waals surface area contributed by atoms with Gasteiger partial charge in [0.05, 0.1) is 38.8 Å². The highest BCUT2D eigenvalue weighted by Gasteiger charge is 2.26. The summed E-state index contributed by atoms with van der Waals surface area (Å²) in [5, 5.41) is 0.783. The number of nitrogens with zero attached hydrogens (tertiary/aromatic N) is 3. The van der Waals surface area contributed by atoms with Crippen LogP contribution in [0.3, 0.4) is 0 Å². The zero-order chi connectivity index (χ0) is 29.4. The van der Waals surface area contributed by atoms with Crippen molar-refractivity contribution in [3.05, 3.63) is 67.7 Å². The molecule has 0 unspecified atom stereocenters. The van der Waals surface area contributed by atoms with Gasteiger partial charge in [-0.15, -0.1) is 0 Å². The number of hydrogen-bond acceptors (Lipinski definition) is 2. The molecule has 0 atom stereocenters. The standard InChI is InChI=1S/C36H45ClN4/c1-9-21-22(10-2)34-32(37)36-24(12-4)23(11-3)35(41(36)16-8)27(15-7)31-20-18-29(39-31)25(13-5)28-17-19-30(38-28)26(14-6)33(21)40-34/h17-20,38H,9-16H2,1-8H3. The monoisotopic (exact) mass is 568 g/mol. The fourth-order valence-electron chi connectivity index (χ4n) is 7.15. The van der Waals surface area contributed by atoms with Gasteiger partial charge in [-0.1, -0.05) is 60.1 Å². The summed E-state index contributed by atoms with van der Waals surface area (Å²) < 4.78 is 2.46. The van der Waals surface area contributed by atoms with Gasteiger partial charge in [0.25, 0.3) is 0 Å². The molecule has 0 saturated heterocycles. The van der Waals surface area contributed by atoms with Gasteiger partial charge in [-0.05, 0) is 98.4 Å². The van der Waals surface area contributed by atoms with Crippen LogP contribution in [-0.2, 0) is 38.6 Å². The summed E-state index contributed by atoms with van der Waals surface area (Å²) in [5.74, 6) is 0. The molecule has 4 nitrogen and oxygen atoms in total. The molecular weight excluding hydrogens is 524 g/mol. The van der Waals surface area contributed by atoms with E-state index >= 15 is 0 Å². The summed E-state index contributed by atoms with van der Waals surface area (Å²) in [5.41, 5.74) is 18.0. The Morgan fingerprint density at radius 1 is 0.585 bits per heavy atom. The van der Waals surface area contributed by atoms with Crippen molar-refractivity contribution in [3.8, 4) is 0 Å². The first kappa shape index (κ1) is 29.4. The molecule has 0 amide bonds. The molecule has 41 heavy (non-hydrogen) atoms. The Morgan fingerprint density at radius 2 is 1.10 bits per heavy atom. The summed E-state index contributed by atoms with van der Waals surface area (Å²) in [6, 6.07) is 4.43. The summed E-state index contributed by atoms with van der Waals surface area (Å²) in [6.07, 6.45) is 10.8. The van der Waals surface area contributed by atoms with E-state index in [9.17, 15) is 0 Å². The fourth-order valence-corrected chi connectivity index (χ4v) is 7.52. The van der Waals surface area contributed by atoms with Crippen LogP contribution in [-0.4, -0.2) is 19.5 Å². The quantitative estimate of drug-likeness (QED) is 0.230. The second kappa shape index (κ2) is 12.0. The second-order valence-electron chi connectivity index (χ2n) is 10.9. The van der Waals surface area contributed by atoms with Crippen molar-refractivity contribution in [2.45, 2.75) is 107 Å². The molecule has 3 aromatic rings. The molecule has 0 saturated carbocycles. The molecule has 2 aliphatic rings. The minimum atomic E-state index is 0.783. The lowest BCUT2D eigenvalue weighted by Crippen LogP contribution is -2.00. The number of hydrogen-bond donors (Lipinski definition) is 1. The molecule has 216 valence electrons. The Hall–Kier alpha value is -3.11. The predicted molar refractivity (Wildman–Crippen MR) is 179 cm³/mol.